The molecule has 0 bridgehead atoms. The van der Waals surface area contributed by atoms with E-state index in [1.807, 2.05) is 0 Å². The maximum absolute atomic E-state index is 10.2. The molecule has 5 heteroatoms. The van der Waals surface area contributed by atoms with E-state index in [0.29, 0.717) is 6.61 Å². The maximum Gasteiger partial charge on any atom is 0.694 e. The van der Waals surface area contributed by atoms with Crippen LogP contribution in [0.5, 0.6) is 0 Å². The molecule has 0 aromatic carbocycles. The van der Waals surface area contributed by atoms with Gasteiger partial charge in [0.25, 0.3) is 0 Å². The van der Waals surface area contributed by atoms with Crippen molar-refractivity contribution < 1.29 is 14.0 Å². The van der Waals surface area contributed by atoms with Gasteiger partial charge in [0.15, 0.2) is 0 Å². The molecule has 3 nitrogen and oxygen atoms in total. The molecule has 0 saturated carbocycles. The van der Waals surface area contributed by atoms with Gasteiger partial charge in [0.05, 0.1) is 0 Å². The standard InChI is InChI=1S/C12H25O3P.Ca/c1-2-3-4-5-6-7-8-9-10-11-12-15-16(13)14;/h2-12H2,1H3;/p+1. The molecule has 1 unspecified atom stereocenters. The van der Waals surface area contributed by atoms with E-state index < -0.39 is 8.25 Å². The summed E-state index contributed by atoms with van der Waals surface area (Å²) >= 11 is 0. The zero-order valence-corrected chi connectivity index (χ0v) is 14.3. The van der Waals surface area contributed by atoms with Gasteiger partial charge in [-0.15, -0.1) is 9.42 Å². The summed E-state index contributed by atoms with van der Waals surface area (Å²) in [7, 11) is -2.39. The van der Waals surface area contributed by atoms with E-state index in [1.54, 1.807) is 0 Å². The van der Waals surface area contributed by atoms with E-state index in [4.69, 9.17) is 4.89 Å². The van der Waals surface area contributed by atoms with E-state index in [0.717, 1.165) is 12.8 Å². The molecule has 1 N–H and O–H groups in total. The third kappa shape index (κ3) is 19.8. The van der Waals surface area contributed by atoms with Crippen LogP contribution in [-0.2, 0) is 9.09 Å². The summed E-state index contributed by atoms with van der Waals surface area (Å²) in [5.74, 6) is 0. The SMILES string of the molecule is CCCCCCCCCCCCO[P+](=O)O.[Ca]. The quantitative estimate of drug-likeness (QED) is 0.333. The Morgan fingerprint density at radius 1 is 0.882 bits per heavy atom. The molecule has 0 amide bonds. The Morgan fingerprint density at radius 3 is 1.71 bits per heavy atom. The molecule has 0 aliphatic rings. The van der Waals surface area contributed by atoms with E-state index in [2.05, 4.69) is 11.4 Å². The number of hydrogen-bond acceptors (Lipinski definition) is 2. The molecular formula is C12H26CaO3P+. The molecular weight excluding hydrogens is 263 g/mol. The fraction of sp³-hybridized carbons (Fsp3) is 1.00. The second kappa shape index (κ2) is 17.3. The monoisotopic (exact) mass is 289 g/mol. The Morgan fingerprint density at radius 2 is 1.29 bits per heavy atom. The van der Waals surface area contributed by atoms with Gasteiger partial charge in [-0.1, -0.05) is 64.7 Å². The molecule has 1 atom stereocenters. The molecule has 0 aromatic rings. The molecule has 0 rings (SSSR count). The largest absolute Gasteiger partial charge is 0.694 e. The number of hydrogen-bond donors (Lipinski definition) is 1. The molecule has 98 valence electrons. The molecule has 0 saturated heterocycles. The van der Waals surface area contributed by atoms with Crippen molar-refractivity contribution in [2.75, 3.05) is 6.61 Å². The maximum atomic E-state index is 10.2. The predicted molar refractivity (Wildman–Crippen MR) is 73.4 cm³/mol. The van der Waals surface area contributed by atoms with Crippen LogP contribution >= 0.6 is 8.25 Å². The van der Waals surface area contributed by atoms with Crippen molar-refractivity contribution in [2.24, 2.45) is 0 Å². The van der Waals surface area contributed by atoms with Crippen LogP contribution < -0.4 is 0 Å². The van der Waals surface area contributed by atoms with Crippen molar-refractivity contribution in [1.29, 1.82) is 0 Å². The van der Waals surface area contributed by atoms with Crippen LogP contribution in [0.4, 0.5) is 0 Å². The molecule has 0 fully saturated rings. The van der Waals surface area contributed by atoms with Crippen molar-refractivity contribution in [3.8, 4) is 0 Å². The molecule has 2 radical (unpaired) electrons. The van der Waals surface area contributed by atoms with Crippen LogP contribution in [0.25, 0.3) is 0 Å². The summed E-state index contributed by atoms with van der Waals surface area (Å²) in [5, 5.41) is 0. The summed E-state index contributed by atoms with van der Waals surface area (Å²) in [4.78, 5) is 8.38. The second-order valence-corrected chi connectivity index (χ2v) is 4.99. The molecule has 0 heterocycles. The molecule has 0 spiro atoms. The van der Waals surface area contributed by atoms with Crippen LogP contribution in [0.3, 0.4) is 0 Å². The topological polar surface area (TPSA) is 46.5 Å². The zero-order chi connectivity index (χ0) is 12.1. The van der Waals surface area contributed by atoms with Crippen LogP contribution in [0.2, 0.25) is 0 Å². The van der Waals surface area contributed by atoms with Crippen LogP contribution in [0, 0.1) is 0 Å². The first-order chi connectivity index (χ1) is 7.77. The van der Waals surface area contributed by atoms with Gasteiger partial charge in [-0.3, -0.25) is 0 Å². The first-order valence-corrected chi connectivity index (χ1v) is 7.69. The minimum atomic E-state index is -2.39. The van der Waals surface area contributed by atoms with E-state index in [1.165, 1.54) is 51.4 Å². The molecule has 0 aromatic heterocycles. The summed E-state index contributed by atoms with van der Waals surface area (Å²) in [6.45, 7) is 2.66. The van der Waals surface area contributed by atoms with Gasteiger partial charge in [-0.25, -0.2) is 0 Å². The van der Waals surface area contributed by atoms with Crippen molar-refractivity contribution in [3.63, 3.8) is 0 Å². The predicted octanol–water partition coefficient (Wildman–Crippen LogP) is 4.19. The van der Waals surface area contributed by atoms with Crippen LogP contribution in [0.1, 0.15) is 71.1 Å². The Bertz CT molecular complexity index is 168. The van der Waals surface area contributed by atoms with E-state index >= 15 is 0 Å². The molecule has 17 heavy (non-hydrogen) atoms. The van der Waals surface area contributed by atoms with Gasteiger partial charge in [-0.05, 0) is 6.42 Å². The summed E-state index contributed by atoms with van der Waals surface area (Å²) in [6, 6.07) is 0. The first kappa shape index (κ1) is 20.6. The van der Waals surface area contributed by atoms with Gasteiger partial charge in [0.2, 0.25) is 0 Å². The Labute approximate surface area is 137 Å². The Kier molecular flexibility index (Phi) is 20.9. The average Bonchev–Trinajstić information content (AvgIpc) is 2.25. The van der Waals surface area contributed by atoms with Gasteiger partial charge < -0.3 is 0 Å². The zero-order valence-electron chi connectivity index (χ0n) is 11.2. The second-order valence-electron chi connectivity index (χ2n) is 4.25. The van der Waals surface area contributed by atoms with Crippen molar-refractivity contribution in [3.05, 3.63) is 0 Å². The Balaban J connectivity index is 0. The van der Waals surface area contributed by atoms with Crippen molar-refractivity contribution in [1.82, 2.24) is 0 Å². The van der Waals surface area contributed by atoms with Gasteiger partial charge >= 0.3 is 8.25 Å². The minimum absolute atomic E-state index is 0. The third-order valence-corrected chi connectivity index (χ3v) is 3.10. The fourth-order valence-electron chi connectivity index (χ4n) is 1.73. The third-order valence-electron chi connectivity index (χ3n) is 2.70. The summed E-state index contributed by atoms with van der Waals surface area (Å²) < 4.78 is 14.8. The van der Waals surface area contributed by atoms with Gasteiger partial charge in [-0.2, -0.15) is 0 Å². The van der Waals surface area contributed by atoms with E-state index in [9.17, 15) is 4.57 Å². The summed E-state index contributed by atoms with van der Waals surface area (Å²) in [6.07, 6.45) is 12.7. The van der Waals surface area contributed by atoms with E-state index in [-0.39, 0.29) is 37.7 Å². The first-order valence-electron chi connectivity index (χ1n) is 6.56. The fourth-order valence-corrected chi connectivity index (χ4v) is 2.02. The van der Waals surface area contributed by atoms with Gasteiger partial charge in [0.1, 0.15) is 6.61 Å². The van der Waals surface area contributed by atoms with Crippen molar-refractivity contribution in [2.45, 2.75) is 71.1 Å². The number of unbranched alkanes of at least 4 members (excludes halogenated alkanes) is 9. The summed E-state index contributed by atoms with van der Waals surface area (Å²) in [5.41, 5.74) is 0. The molecule has 0 aliphatic heterocycles. The number of rotatable bonds is 12. The smallest absolute Gasteiger partial charge is 0.133 e. The average molecular weight is 289 g/mol. The Hall–Kier alpha value is 1.28. The van der Waals surface area contributed by atoms with Crippen LogP contribution in [0.15, 0.2) is 0 Å². The molecule has 0 aliphatic carbocycles. The van der Waals surface area contributed by atoms with Crippen LogP contribution in [-0.4, -0.2) is 49.2 Å². The van der Waals surface area contributed by atoms with Gasteiger partial charge in [0, 0.05) is 42.3 Å². The minimum Gasteiger partial charge on any atom is -0.133 e. The normalized spacial score (nSPS) is 11.1. The van der Waals surface area contributed by atoms with Crippen molar-refractivity contribution >= 4 is 46.0 Å².